The maximum atomic E-state index is 5.58. The summed E-state index contributed by atoms with van der Waals surface area (Å²) in [5.41, 5.74) is 1.29. The molecular formula is C16H27NO2. The van der Waals surface area contributed by atoms with Crippen LogP contribution in [0.2, 0.25) is 0 Å². The van der Waals surface area contributed by atoms with Crippen LogP contribution in [0.4, 0.5) is 0 Å². The molecule has 2 unspecified atom stereocenters. The van der Waals surface area contributed by atoms with Crippen LogP contribution in [0, 0.1) is 5.92 Å². The van der Waals surface area contributed by atoms with E-state index in [-0.39, 0.29) is 0 Å². The molecule has 1 aromatic rings. The maximum absolute atomic E-state index is 5.58. The van der Waals surface area contributed by atoms with Gasteiger partial charge in [0.15, 0.2) is 0 Å². The Morgan fingerprint density at radius 1 is 1.16 bits per heavy atom. The van der Waals surface area contributed by atoms with Crippen molar-refractivity contribution in [1.29, 1.82) is 0 Å². The standard InChI is InChI=1S/C16H27NO2/c1-5-10-19-16-8-6-15(7-9-16)14(3)17-11-13(2)12-18-4/h6-9,13-14,17H,5,10-12H2,1-4H3. The molecule has 0 aromatic heterocycles. The molecule has 1 N–H and O–H groups in total. The van der Waals surface area contributed by atoms with Crippen LogP contribution in [0.1, 0.15) is 38.8 Å². The fraction of sp³-hybridized carbons (Fsp3) is 0.625. The van der Waals surface area contributed by atoms with Crippen LogP contribution in [0.15, 0.2) is 24.3 Å². The van der Waals surface area contributed by atoms with Gasteiger partial charge in [0, 0.05) is 26.3 Å². The SMILES string of the molecule is CCCOc1ccc(C(C)NCC(C)COC)cc1. The van der Waals surface area contributed by atoms with Crippen LogP contribution in [0.3, 0.4) is 0 Å². The van der Waals surface area contributed by atoms with Crippen molar-refractivity contribution in [2.24, 2.45) is 5.92 Å². The molecule has 2 atom stereocenters. The second-order valence-corrected chi connectivity index (χ2v) is 5.11. The molecule has 3 heteroatoms. The highest BCUT2D eigenvalue weighted by Gasteiger charge is 2.07. The molecule has 0 spiro atoms. The van der Waals surface area contributed by atoms with E-state index in [1.807, 2.05) is 12.1 Å². The molecule has 0 saturated carbocycles. The van der Waals surface area contributed by atoms with Crippen molar-refractivity contribution in [3.8, 4) is 5.75 Å². The molecule has 0 bridgehead atoms. The second kappa shape index (κ2) is 8.94. The number of hydrogen-bond donors (Lipinski definition) is 1. The molecule has 0 saturated heterocycles. The van der Waals surface area contributed by atoms with Crippen molar-refractivity contribution in [3.63, 3.8) is 0 Å². The molecule has 108 valence electrons. The van der Waals surface area contributed by atoms with E-state index in [2.05, 4.69) is 38.2 Å². The Kier molecular flexibility index (Phi) is 7.53. The molecule has 1 aromatic carbocycles. The van der Waals surface area contributed by atoms with E-state index in [1.54, 1.807) is 7.11 Å². The zero-order chi connectivity index (χ0) is 14.1. The summed E-state index contributed by atoms with van der Waals surface area (Å²) in [6.45, 7) is 9.02. The lowest BCUT2D eigenvalue weighted by Crippen LogP contribution is -2.26. The highest BCUT2D eigenvalue weighted by Crippen LogP contribution is 2.18. The van der Waals surface area contributed by atoms with Crippen LogP contribution in [-0.4, -0.2) is 26.9 Å². The average Bonchev–Trinajstić information content (AvgIpc) is 2.43. The lowest BCUT2D eigenvalue weighted by Gasteiger charge is -2.18. The molecule has 19 heavy (non-hydrogen) atoms. The molecule has 0 aliphatic rings. The van der Waals surface area contributed by atoms with Crippen molar-refractivity contribution in [3.05, 3.63) is 29.8 Å². The Balaban J connectivity index is 2.41. The Bertz CT molecular complexity index is 337. The van der Waals surface area contributed by atoms with E-state index in [1.165, 1.54) is 5.56 Å². The third-order valence-electron chi connectivity index (χ3n) is 3.08. The van der Waals surface area contributed by atoms with E-state index < -0.39 is 0 Å². The summed E-state index contributed by atoms with van der Waals surface area (Å²) in [4.78, 5) is 0. The maximum Gasteiger partial charge on any atom is 0.119 e. The van der Waals surface area contributed by atoms with Crippen molar-refractivity contribution >= 4 is 0 Å². The van der Waals surface area contributed by atoms with E-state index in [0.717, 1.165) is 31.9 Å². The highest BCUT2D eigenvalue weighted by atomic mass is 16.5. The van der Waals surface area contributed by atoms with Gasteiger partial charge < -0.3 is 14.8 Å². The summed E-state index contributed by atoms with van der Waals surface area (Å²) in [6.07, 6.45) is 1.04. The minimum atomic E-state index is 0.347. The van der Waals surface area contributed by atoms with Gasteiger partial charge in [-0.15, -0.1) is 0 Å². The number of rotatable bonds is 9. The number of ether oxygens (including phenoxy) is 2. The van der Waals surface area contributed by atoms with E-state index in [9.17, 15) is 0 Å². The van der Waals surface area contributed by atoms with Crippen molar-refractivity contribution < 1.29 is 9.47 Å². The average molecular weight is 265 g/mol. The van der Waals surface area contributed by atoms with Gasteiger partial charge in [0.2, 0.25) is 0 Å². The van der Waals surface area contributed by atoms with Gasteiger partial charge in [0.25, 0.3) is 0 Å². The third-order valence-corrected chi connectivity index (χ3v) is 3.08. The first-order valence-corrected chi connectivity index (χ1v) is 7.12. The molecule has 0 aliphatic carbocycles. The fourth-order valence-electron chi connectivity index (χ4n) is 1.91. The van der Waals surface area contributed by atoms with Gasteiger partial charge in [-0.3, -0.25) is 0 Å². The smallest absolute Gasteiger partial charge is 0.119 e. The number of nitrogens with one attached hydrogen (secondary N) is 1. The molecule has 0 aliphatic heterocycles. The van der Waals surface area contributed by atoms with Crippen LogP contribution >= 0.6 is 0 Å². The molecule has 3 nitrogen and oxygen atoms in total. The van der Waals surface area contributed by atoms with Gasteiger partial charge in [-0.2, -0.15) is 0 Å². The van der Waals surface area contributed by atoms with Gasteiger partial charge in [-0.1, -0.05) is 26.0 Å². The van der Waals surface area contributed by atoms with Crippen LogP contribution in [0.5, 0.6) is 5.75 Å². The minimum absolute atomic E-state index is 0.347. The summed E-state index contributed by atoms with van der Waals surface area (Å²) in [5, 5.41) is 3.53. The first-order valence-electron chi connectivity index (χ1n) is 7.12. The molecule has 0 radical (unpaired) electrons. The predicted octanol–water partition coefficient (Wildman–Crippen LogP) is 3.41. The Labute approximate surface area is 117 Å². The monoisotopic (exact) mass is 265 g/mol. The van der Waals surface area contributed by atoms with Crippen LogP contribution in [-0.2, 0) is 4.74 Å². The lowest BCUT2D eigenvalue weighted by atomic mass is 10.1. The van der Waals surface area contributed by atoms with E-state index in [0.29, 0.717) is 12.0 Å². The minimum Gasteiger partial charge on any atom is -0.494 e. The molecular weight excluding hydrogens is 238 g/mol. The quantitative estimate of drug-likeness (QED) is 0.742. The van der Waals surface area contributed by atoms with Gasteiger partial charge in [-0.05, 0) is 37.0 Å². The van der Waals surface area contributed by atoms with Gasteiger partial charge in [0.1, 0.15) is 5.75 Å². The van der Waals surface area contributed by atoms with E-state index >= 15 is 0 Å². The second-order valence-electron chi connectivity index (χ2n) is 5.11. The van der Waals surface area contributed by atoms with Crippen LogP contribution in [0.25, 0.3) is 0 Å². The first-order chi connectivity index (χ1) is 9.17. The summed E-state index contributed by atoms with van der Waals surface area (Å²) in [6, 6.07) is 8.69. The van der Waals surface area contributed by atoms with Crippen molar-refractivity contribution in [2.45, 2.75) is 33.2 Å². The zero-order valence-corrected chi connectivity index (χ0v) is 12.6. The predicted molar refractivity (Wildman–Crippen MR) is 79.7 cm³/mol. The fourth-order valence-corrected chi connectivity index (χ4v) is 1.91. The van der Waals surface area contributed by atoms with E-state index in [4.69, 9.17) is 9.47 Å². The van der Waals surface area contributed by atoms with Crippen molar-refractivity contribution in [1.82, 2.24) is 5.32 Å². The van der Waals surface area contributed by atoms with Gasteiger partial charge >= 0.3 is 0 Å². The molecule has 1 rings (SSSR count). The summed E-state index contributed by atoms with van der Waals surface area (Å²) < 4.78 is 10.7. The topological polar surface area (TPSA) is 30.5 Å². The third kappa shape index (κ3) is 6.08. The largest absolute Gasteiger partial charge is 0.494 e. The Morgan fingerprint density at radius 2 is 1.84 bits per heavy atom. The summed E-state index contributed by atoms with van der Waals surface area (Å²) in [7, 11) is 1.74. The number of benzene rings is 1. The van der Waals surface area contributed by atoms with Gasteiger partial charge in [0.05, 0.1) is 6.61 Å². The molecule has 0 heterocycles. The highest BCUT2D eigenvalue weighted by molar-refractivity contribution is 5.28. The Morgan fingerprint density at radius 3 is 2.42 bits per heavy atom. The summed E-state index contributed by atoms with van der Waals surface area (Å²) >= 11 is 0. The Hall–Kier alpha value is -1.06. The number of hydrogen-bond acceptors (Lipinski definition) is 3. The van der Waals surface area contributed by atoms with Crippen LogP contribution < -0.4 is 10.1 Å². The molecule has 0 fully saturated rings. The normalized spacial score (nSPS) is 14.1. The first kappa shape index (κ1) is 16.0. The summed E-state index contributed by atoms with van der Waals surface area (Å²) in [5.74, 6) is 1.48. The molecule has 0 amide bonds. The number of methoxy groups -OCH3 is 1. The van der Waals surface area contributed by atoms with Gasteiger partial charge in [-0.25, -0.2) is 0 Å². The lowest BCUT2D eigenvalue weighted by molar-refractivity contribution is 0.157. The van der Waals surface area contributed by atoms with Crippen molar-refractivity contribution in [2.75, 3.05) is 26.9 Å². The zero-order valence-electron chi connectivity index (χ0n) is 12.6.